The summed E-state index contributed by atoms with van der Waals surface area (Å²) in [5, 5.41) is 0. The highest BCUT2D eigenvalue weighted by Crippen LogP contribution is 2.24. The van der Waals surface area contributed by atoms with Crippen LogP contribution in [0.3, 0.4) is 0 Å². The zero-order valence-corrected chi connectivity index (χ0v) is 10.3. The van der Waals surface area contributed by atoms with Crippen LogP contribution in [0, 0.1) is 0 Å². The van der Waals surface area contributed by atoms with E-state index in [4.69, 9.17) is 5.73 Å². The van der Waals surface area contributed by atoms with E-state index in [-0.39, 0.29) is 0 Å². The minimum Gasteiger partial charge on any atom is -0.333 e. The van der Waals surface area contributed by atoms with Crippen molar-refractivity contribution in [3.63, 3.8) is 0 Å². The van der Waals surface area contributed by atoms with Crippen LogP contribution in [0.2, 0.25) is 0 Å². The second-order valence-electron chi connectivity index (χ2n) is 3.58. The van der Waals surface area contributed by atoms with Crippen molar-refractivity contribution in [3.05, 3.63) is 36.3 Å². The van der Waals surface area contributed by atoms with Crippen molar-refractivity contribution in [3.8, 4) is 11.3 Å². The third-order valence-corrected chi connectivity index (χ3v) is 3.31. The maximum absolute atomic E-state index is 5.68. The van der Waals surface area contributed by atoms with Crippen molar-refractivity contribution in [1.29, 1.82) is 0 Å². The number of nitrogens with two attached hydrogens (primary N) is 1. The zero-order chi connectivity index (χ0) is 11.5. The molecule has 1 aromatic heterocycles. The van der Waals surface area contributed by atoms with Crippen LogP contribution >= 0.6 is 11.8 Å². The molecule has 2 aromatic rings. The van der Waals surface area contributed by atoms with Crippen molar-refractivity contribution in [2.75, 3.05) is 6.26 Å². The maximum Gasteiger partial charge on any atom is 0.0952 e. The molecule has 16 heavy (non-hydrogen) atoms. The van der Waals surface area contributed by atoms with Gasteiger partial charge in [-0.1, -0.05) is 12.1 Å². The summed E-state index contributed by atoms with van der Waals surface area (Å²) in [6, 6.07) is 8.46. The Balaban J connectivity index is 2.45. The first-order valence-electron chi connectivity index (χ1n) is 5.11. The molecule has 2 N–H and O–H groups in total. The highest BCUT2D eigenvalue weighted by Gasteiger charge is 2.09. The van der Waals surface area contributed by atoms with Gasteiger partial charge in [-0.25, -0.2) is 4.98 Å². The molecule has 0 saturated carbocycles. The summed E-state index contributed by atoms with van der Waals surface area (Å²) in [6.07, 6.45) is 3.88. The molecule has 3 nitrogen and oxygen atoms in total. The Morgan fingerprint density at radius 3 is 2.56 bits per heavy atom. The quantitative estimate of drug-likeness (QED) is 0.827. The van der Waals surface area contributed by atoms with Crippen molar-refractivity contribution in [1.82, 2.24) is 9.55 Å². The molecule has 0 fully saturated rings. The van der Waals surface area contributed by atoms with Crippen molar-refractivity contribution in [2.45, 2.75) is 11.4 Å². The van der Waals surface area contributed by atoms with Gasteiger partial charge >= 0.3 is 0 Å². The Morgan fingerprint density at radius 1 is 1.31 bits per heavy atom. The van der Waals surface area contributed by atoms with E-state index in [9.17, 15) is 0 Å². The summed E-state index contributed by atoms with van der Waals surface area (Å²) >= 11 is 1.74. The van der Waals surface area contributed by atoms with E-state index in [0.717, 1.165) is 11.4 Å². The molecule has 0 amide bonds. The van der Waals surface area contributed by atoms with Gasteiger partial charge in [-0.2, -0.15) is 0 Å². The van der Waals surface area contributed by atoms with Crippen LogP contribution in [0.5, 0.6) is 0 Å². The predicted molar refractivity (Wildman–Crippen MR) is 68.3 cm³/mol. The lowest BCUT2D eigenvalue weighted by molar-refractivity contribution is 0.920. The van der Waals surface area contributed by atoms with Crippen LogP contribution in [-0.4, -0.2) is 15.8 Å². The van der Waals surface area contributed by atoms with Gasteiger partial charge in [0.2, 0.25) is 0 Å². The first kappa shape index (κ1) is 11.2. The summed E-state index contributed by atoms with van der Waals surface area (Å²) in [6.45, 7) is 0.473. The number of aromatic nitrogens is 2. The molecule has 0 aliphatic carbocycles. The van der Waals surface area contributed by atoms with Crippen LogP contribution in [0.25, 0.3) is 11.3 Å². The number of rotatable bonds is 3. The second kappa shape index (κ2) is 4.72. The topological polar surface area (TPSA) is 43.8 Å². The predicted octanol–water partition coefficient (Wildman–Crippen LogP) is 2.27. The Morgan fingerprint density at radius 2 is 2.00 bits per heavy atom. The van der Waals surface area contributed by atoms with Gasteiger partial charge in [-0.15, -0.1) is 11.8 Å². The number of nitrogens with zero attached hydrogens (tertiary/aromatic N) is 2. The number of hydrogen-bond acceptors (Lipinski definition) is 3. The van der Waals surface area contributed by atoms with E-state index >= 15 is 0 Å². The van der Waals surface area contributed by atoms with Gasteiger partial charge in [-0.3, -0.25) is 0 Å². The van der Waals surface area contributed by atoms with E-state index in [1.807, 2.05) is 11.6 Å². The number of thioether (sulfide) groups is 1. The normalized spacial score (nSPS) is 10.7. The zero-order valence-electron chi connectivity index (χ0n) is 9.47. The fraction of sp³-hybridized carbons (Fsp3) is 0.250. The Kier molecular flexibility index (Phi) is 3.31. The Bertz CT molecular complexity index is 474. The van der Waals surface area contributed by atoms with Gasteiger partial charge in [0.15, 0.2) is 0 Å². The van der Waals surface area contributed by atoms with E-state index < -0.39 is 0 Å². The van der Waals surface area contributed by atoms with E-state index in [2.05, 4.69) is 35.5 Å². The monoisotopic (exact) mass is 233 g/mol. The van der Waals surface area contributed by atoms with Crippen molar-refractivity contribution < 1.29 is 0 Å². The molecule has 2 rings (SSSR count). The van der Waals surface area contributed by atoms with Gasteiger partial charge in [0, 0.05) is 24.1 Å². The largest absolute Gasteiger partial charge is 0.333 e. The maximum atomic E-state index is 5.68. The SMILES string of the molecule is CSc1ccc(-c2c(CN)ncn2C)cc1. The van der Waals surface area contributed by atoms with Gasteiger partial charge < -0.3 is 10.3 Å². The number of aryl methyl sites for hydroxylation is 1. The van der Waals surface area contributed by atoms with Crippen LogP contribution in [0.4, 0.5) is 0 Å². The van der Waals surface area contributed by atoms with E-state index in [1.165, 1.54) is 10.5 Å². The van der Waals surface area contributed by atoms with Crippen molar-refractivity contribution in [2.24, 2.45) is 12.8 Å². The first-order valence-corrected chi connectivity index (χ1v) is 6.33. The Labute approximate surface area is 99.7 Å². The third kappa shape index (κ3) is 1.99. The molecule has 84 valence electrons. The van der Waals surface area contributed by atoms with Gasteiger partial charge in [0.25, 0.3) is 0 Å². The molecule has 0 spiro atoms. The fourth-order valence-corrected chi connectivity index (χ4v) is 2.16. The van der Waals surface area contributed by atoms with Crippen LogP contribution in [-0.2, 0) is 13.6 Å². The highest BCUT2D eigenvalue weighted by atomic mass is 32.2. The average Bonchev–Trinajstić information content (AvgIpc) is 2.70. The van der Waals surface area contributed by atoms with Gasteiger partial charge in [0.1, 0.15) is 0 Å². The first-order chi connectivity index (χ1) is 7.76. The van der Waals surface area contributed by atoms with Gasteiger partial charge in [-0.05, 0) is 18.4 Å². The van der Waals surface area contributed by atoms with Crippen molar-refractivity contribution >= 4 is 11.8 Å². The number of benzene rings is 1. The molecule has 4 heteroatoms. The molecule has 1 heterocycles. The summed E-state index contributed by atoms with van der Waals surface area (Å²) in [5.74, 6) is 0. The smallest absolute Gasteiger partial charge is 0.0952 e. The van der Waals surface area contributed by atoms with E-state index in [1.54, 1.807) is 18.1 Å². The summed E-state index contributed by atoms with van der Waals surface area (Å²) in [4.78, 5) is 5.55. The molecule has 0 bridgehead atoms. The van der Waals surface area contributed by atoms with Gasteiger partial charge in [0.05, 0.1) is 17.7 Å². The average molecular weight is 233 g/mol. The molecular formula is C12H15N3S. The lowest BCUT2D eigenvalue weighted by atomic mass is 10.1. The third-order valence-electron chi connectivity index (χ3n) is 2.57. The fourth-order valence-electron chi connectivity index (χ4n) is 1.75. The van der Waals surface area contributed by atoms with E-state index in [0.29, 0.717) is 6.54 Å². The van der Waals surface area contributed by atoms with Crippen LogP contribution < -0.4 is 5.73 Å². The molecule has 0 saturated heterocycles. The number of imidazole rings is 1. The Hall–Kier alpha value is -1.26. The summed E-state index contributed by atoms with van der Waals surface area (Å²) < 4.78 is 2.01. The minimum absolute atomic E-state index is 0.473. The standard InChI is InChI=1S/C12H15N3S/c1-15-8-14-11(7-13)12(15)9-3-5-10(16-2)6-4-9/h3-6,8H,7,13H2,1-2H3. The second-order valence-corrected chi connectivity index (χ2v) is 4.46. The molecule has 0 unspecified atom stereocenters. The molecule has 1 aromatic carbocycles. The lowest BCUT2D eigenvalue weighted by Crippen LogP contribution is -2.00. The summed E-state index contributed by atoms with van der Waals surface area (Å²) in [5.41, 5.74) is 8.89. The summed E-state index contributed by atoms with van der Waals surface area (Å²) in [7, 11) is 1.99. The highest BCUT2D eigenvalue weighted by molar-refractivity contribution is 7.98. The van der Waals surface area contributed by atoms with Crippen LogP contribution in [0.15, 0.2) is 35.5 Å². The lowest BCUT2D eigenvalue weighted by Gasteiger charge is -2.06. The molecule has 0 atom stereocenters. The minimum atomic E-state index is 0.473. The molecular weight excluding hydrogens is 218 g/mol. The number of hydrogen-bond donors (Lipinski definition) is 1. The molecule has 0 aliphatic heterocycles. The molecule has 0 aliphatic rings. The van der Waals surface area contributed by atoms with Crippen LogP contribution in [0.1, 0.15) is 5.69 Å². The molecule has 0 radical (unpaired) electrons.